The van der Waals surface area contributed by atoms with E-state index in [0.717, 1.165) is 12.8 Å². The van der Waals surface area contributed by atoms with Gasteiger partial charge in [0, 0.05) is 0 Å². The van der Waals surface area contributed by atoms with E-state index in [0.29, 0.717) is 0 Å². The SMILES string of the molecule is C=C[C@@H](C)[C@H](O)CCCCC. The van der Waals surface area contributed by atoms with Crippen LogP contribution in [0.2, 0.25) is 0 Å². The highest BCUT2D eigenvalue weighted by Gasteiger charge is 2.08. The van der Waals surface area contributed by atoms with Crippen molar-refractivity contribution in [3.63, 3.8) is 0 Å². The molecule has 0 heterocycles. The molecule has 0 saturated carbocycles. The second-order valence-corrected chi connectivity index (χ2v) is 3.16. The van der Waals surface area contributed by atoms with Crippen molar-refractivity contribution < 1.29 is 5.11 Å². The summed E-state index contributed by atoms with van der Waals surface area (Å²) in [7, 11) is 0. The van der Waals surface area contributed by atoms with Gasteiger partial charge in [-0.05, 0) is 12.3 Å². The molecule has 0 fully saturated rings. The number of rotatable bonds is 6. The monoisotopic (exact) mass is 156 g/mol. The predicted octanol–water partition coefficient (Wildman–Crippen LogP) is 2.75. The zero-order valence-corrected chi connectivity index (χ0v) is 7.71. The topological polar surface area (TPSA) is 20.2 Å². The molecule has 0 aliphatic carbocycles. The normalized spacial score (nSPS) is 15.9. The van der Waals surface area contributed by atoms with Crippen molar-refractivity contribution in [2.45, 2.75) is 45.6 Å². The minimum absolute atomic E-state index is 0.181. The lowest BCUT2D eigenvalue weighted by Gasteiger charge is -2.14. The highest BCUT2D eigenvalue weighted by Crippen LogP contribution is 2.11. The Kier molecular flexibility index (Phi) is 6.24. The van der Waals surface area contributed by atoms with Crippen molar-refractivity contribution in [2.75, 3.05) is 0 Å². The lowest BCUT2D eigenvalue weighted by atomic mass is 9.99. The van der Waals surface area contributed by atoms with Crippen molar-refractivity contribution in [2.24, 2.45) is 5.92 Å². The first-order chi connectivity index (χ1) is 5.22. The minimum Gasteiger partial charge on any atom is -0.393 e. The van der Waals surface area contributed by atoms with Gasteiger partial charge in [-0.3, -0.25) is 0 Å². The molecule has 0 spiro atoms. The maximum atomic E-state index is 9.47. The Morgan fingerprint density at radius 1 is 1.45 bits per heavy atom. The van der Waals surface area contributed by atoms with Crippen molar-refractivity contribution in [1.82, 2.24) is 0 Å². The lowest BCUT2D eigenvalue weighted by Crippen LogP contribution is -2.14. The van der Waals surface area contributed by atoms with Crippen molar-refractivity contribution in [3.8, 4) is 0 Å². The van der Waals surface area contributed by atoms with E-state index in [1.165, 1.54) is 12.8 Å². The summed E-state index contributed by atoms with van der Waals surface area (Å²) in [5.41, 5.74) is 0. The van der Waals surface area contributed by atoms with Gasteiger partial charge in [0.1, 0.15) is 0 Å². The van der Waals surface area contributed by atoms with E-state index in [1.54, 1.807) is 0 Å². The predicted molar refractivity (Wildman–Crippen MR) is 49.5 cm³/mol. The number of hydrogen-bond donors (Lipinski definition) is 1. The van der Waals surface area contributed by atoms with Gasteiger partial charge < -0.3 is 5.11 Å². The van der Waals surface area contributed by atoms with Crippen molar-refractivity contribution in [3.05, 3.63) is 12.7 Å². The zero-order chi connectivity index (χ0) is 8.69. The molecule has 0 aliphatic rings. The van der Waals surface area contributed by atoms with Crippen LogP contribution in [0.1, 0.15) is 39.5 Å². The molecule has 1 N–H and O–H groups in total. The van der Waals surface area contributed by atoms with Crippen molar-refractivity contribution >= 4 is 0 Å². The molecule has 0 rings (SSSR count). The van der Waals surface area contributed by atoms with Crippen LogP contribution in [0, 0.1) is 5.92 Å². The summed E-state index contributed by atoms with van der Waals surface area (Å²) in [5, 5.41) is 9.47. The second-order valence-electron chi connectivity index (χ2n) is 3.16. The van der Waals surface area contributed by atoms with Crippen LogP contribution < -0.4 is 0 Å². The highest BCUT2D eigenvalue weighted by molar-refractivity contribution is 4.80. The van der Waals surface area contributed by atoms with Gasteiger partial charge in [0.2, 0.25) is 0 Å². The van der Waals surface area contributed by atoms with Crippen LogP contribution in [0.15, 0.2) is 12.7 Å². The molecule has 0 aromatic carbocycles. The molecule has 0 bridgehead atoms. The quantitative estimate of drug-likeness (QED) is 0.463. The molecule has 1 heteroatoms. The zero-order valence-electron chi connectivity index (χ0n) is 7.71. The first-order valence-corrected chi connectivity index (χ1v) is 4.53. The van der Waals surface area contributed by atoms with Crippen LogP contribution in [-0.2, 0) is 0 Å². The van der Waals surface area contributed by atoms with Gasteiger partial charge in [-0.2, -0.15) is 0 Å². The molecule has 0 unspecified atom stereocenters. The minimum atomic E-state index is -0.181. The summed E-state index contributed by atoms with van der Waals surface area (Å²) in [6, 6.07) is 0. The van der Waals surface area contributed by atoms with E-state index in [2.05, 4.69) is 13.5 Å². The van der Waals surface area contributed by atoms with Gasteiger partial charge in [0.15, 0.2) is 0 Å². The fourth-order valence-electron chi connectivity index (χ4n) is 1.02. The van der Waals surface area contributed by atoms with Crippen LogP contribution in [0.3, 0.4) is 0 Å². The molecule has 2 atom stereocenters. The summed E-state index contributed by atoms with van der Waals surface area (Å²) in [4.78, 5) is 0. The second kappa shape index (κ2) is 6.41. The Labute approximate surface area is 70.1 Å². The summed E-state index contributed by atoms with van der Waals surface area (Å²) in [6.07, 6.45) is 6.13. The standard InChI is InChI=1S/C10H20O/c1-4-6-7-8-10(11)9(3)5-2/h5,9-11H,2,4,6-8H2,1,3H3/t9-,10-/m1/s1. The van der Waals surface area contributed by atoms with Gasteiger partial charge in [0.25, 0.3) is 0 Å². The smallest absolute Gasteiger partial charge is 0.0600 e. The first kappa shape index (κ1) is 10.7. The molecule has 0 aromatic heterocycles. The fourth-order valence-corrected chi connectivity index (χ4v) is 1.02. The molecule has 0 saturated heterocycles. The van der Waals surface area contributed by atoms with E-state index in [-0.39, 0.29) is 12.0 Å². The van der Waals surface area contributed by atoms with Crippen LogP contribution in [0.25, 0.3) is 0 Å². The van der Waals surface area contributed by atoms with E-state index >= 15 is 0 Å². The molecule has 0 amide bonds. The number of unbranched alkanes of at least 4 members (excludes halogenated alkanes) is 2. The highest BCUT2D eigenvalue weighted by atomic mass is 16.3. The van der Waals surface area contributed by atoms with E-state index in [1.807, 2.05) is 13.0 Å². The maximum absolute atomic E-state index is 9.47. The Balaban J connectivity index is 3.35. The Bertz CT molecular complexity index is 99.0. The molecule has 11 heavy (non-hydrogen) atoms. The van der Waals surface area contributed by atoms with Crippen molar-refractivity contribution in [1.29, 1.82) is 0 Å². The number of aliphatic hydroxyl groups excluding tert-OH is 1. The van der Waals surface area contributed by atoms with Gasteiger partial charge in [-0.15, -0.1) is 6.58 Å². The average Bonchev–Trinajstić information content (AvgIpc) is 2.03. The maximum Gasteiger partial charge on any atom is 0.0600 e. The molecule has 1 nitrogen and oxygen atoms in total. The molecule has 66 valence electrons. The molecule has 0 radical (unpaired) electrons. The molecular weight excluding hydrogens is 136 g/mol. The Hall–Kier alpha value is -0.300. The third kappa shape index (κ3) is 5.02. The summed E-state index contributed by atoms with van der Waals surface area (Å²) in [6.45, 7) is 7.82. The Morgan fingerprint density at radius 3 is 2.55 bits per heavy atom. The van der Waals surface area contributed by atoms with Gasteiger partial charge in [-0.25, -0.2) is 0 Å². The third-order valence-electron chi connectivity index (χ3n) is 2.08. The number of aliphatic hydroxyl groups is 1. The van der Waals surface area contributed by atoms with E-state index < -0.39 is 0 Å². The number of hydrogen-bond acceptors (Lipinski definition) is 1. The molecule has 0 aromatic rings. The van der Waals surface area contributed by atoms with E-state index in [4.69, 9.17) is 0 Å². The summed E-state index contributed by atoms with van der Waals surface area (Å²) >= 11 is 0. The average molecular weight is 156 g/mol. The van der Waals surface area contributed by atoms with E-state index in [9.17, 15) is 5.11 Å². The van der Waals surface area contributed by atoms with Gasteiger partial charge in [0.05, 0.1) is 6.10 Å². The van der Waals surface area contributed by atoms with Crippen LogP contribution in [0.4, 0.5) is 0 Å². The fraction of sp³-hybridized carbons (Fsp3) is 0.800. The molecular formula is C10H20O. The van der Waals surface area contributed by atoms with Crippen LogP contribution in [0.5, 0.6) is 0 Å². The first-order valence-electron chi connectivity index (χ1n) is 4.53. The van der Waals surface area contributed by atoms with Crippen LogP contribution in [-0.4, -0.2) is 11.2 Å². The third-order valence-corrected chi connectivity index (χ3v) is 2.08. The summed E-state index contributed by atoms with van der Waals surface area (Å²) < 4.78 is 0. The van der Waals surface area contributed by atoms with Crippen LogP contribution >= 0.6 is 0 Å². The Morgan fingerprint density at radius 2 is 2.09 bits per heavy atom. The van der Waals surface area contributed by atoms with Gasteiger partial charge in [-0.1, -0.05) is 39.2 Å². The van der Waals surface area contributed by atoms with Gasteiger partial charge >= 0.3 is 0 Å². The largest absolute Gasteiger partial charge is 0.393 e. The summed E-state index contributed by atoms with van der Waals surface area (Å²) in [5.74, 6) is 0.242. The lowest BCUT2D eigenvalue weighted by molar-refractivity contribution is 0.125. The molecule has 0 aliphatic heterocycles.